The molecule has 1 fully saturated rings. The second kappa shape index (κ2) is 8.10. The molecule has 0 saturated heterocycles. The maximum absolute atomic E-state index is 9.43. The fraction of sp³-hybridized carbons (Fsp3) is 1.00. The molecule has 0 aromatic heterocycles. The summed E-state index contributed by atoms with van der Waals surface area (Å²) in [5, 5.41) is 9.43. The van der Waals surface area contributed by atoms with Crippen LogP contribution in [-0.4, -0.2) is 55.0 Å². The molecule has 0 spiro atoms. The van der Waals surface area contributed by atoms with Gasteiger partial charge >= 0.3 is 0 Å². The lowest BCUT2D eigenvalue weighted by molar-refractivity contribution is 0.106. The SMILES string of the molecule is CCOCCN(CC)CCC1CCCC1(N)CO. The van der Waals surface area contributed by atoms with Gasteiger partial charge in [0.1, 0.15) is 0 Å². The molecule has 1 saturated carbocycles. The van der Waals surface area contributed by atoms with E-state index in [4.69, 9.17) is 10.5 Å². The van der Waals surface area contributed by atoms with Gasteiger partial charge in [0.25, 0.3) is 0 Å². The van der Waals surface area contributed by atoms with Gasteiger partial charge in [0.15, 0.2) is 0 Å². The van der Waals surface area contributed by atoms with Crippen molar-refractivity contribution in [2.75, 3.05) is 39.5 Å². The lowest BCUT2D eigenvalue weighted by Crippen LogP contribution is -2.48. The summed E-state index contributed by atoms with van der Waals surface area (Å²) in [6.07, 6.45) is 4.39. The molecule has 2 atom stereocenters. The first-order valence-corrected chi connectivity index (χ1v) is 7.36. The first-order valence-electron chi connectivity index (χ1n) is 7.36. The number of nitrogens with zero attached hydrogens (tertiary/aromatic N) is 1. The average Bonchev–Trinajstić information content (AvgIpc) is 2.76. The number of ether oxygens (including phenoxy) is 1. The van der Waals surface area contributed by atoms with E-state index in [9.17, 15) is 5.11 Å². The molecular weight excluding hydrogens is 228 g/mol. The van der Waals surface area contributed by atoms with Gasteiger partial charge in [0, 0.05) is 18.7 Å². The molecular formula is C14H30N2O2. The molecule has 1 aliphatic rings. The van der Waals surface area contributed by atoms with Gasteiger partial charge in [0.2, 0.25) is 0 Å². The van der Waals surface area contributed by atoms with Gasteiger partial charge in [-0.05, 0) is 45.2 Å². The van der Waals surface area contributed by atoms with Gasteiger partial charge in [-0.3, -0.25) is 0 Å². The first-order chi connectivity index (χ1) is 8.66. The van der Waals surface area contributed by atoms with Crippen LogP contribution in [0.3, 0.4) is 0 Å². The van der Waals surface area contributed by atoms with Crippen LogP contribution >= 0.6 is 0 Å². The van der Waals surface area contributed by atoms with E-state index in [2.05, 4.69) is 11.8 Å². The van der Waals surface area contributed by atoms with Crippen LogP contribution in [0.25, 0.3) is 0 Å². The number of aliphatic hydroxyl groups is 1. The van der Waals surface area contributed by atoms with Crippen LogP contribution in [0.2, 0.25) is 0 Å². The Bertz CT molecular complexity index is 226. The minimum atomic E-state index is -0.320. The second-order valence-corrected chi connectivity index (χ2v) is 5.40. The molecule has 4 nitrogen and oxygen atoms in total. The van der Waals surface area contributed by atoms with Crippen LogP contribution in [0.1, 0.15) is 39.5 Å². The van der Waals surface area contributed by atoms with Gasteiger partial charge in [-0.1, -0.05) is 13.3 Å². The molecule has 1 rings (SSSR count). The standard InChI is InChI=1S/C14H30N2O2/c1-3-16(10-11-18-4-2)9-7-13-6-5-8-14(13,15)12-17/h13,17H,3-12,15H2,1-2H3. The van der Waals surface area contributed by atoms with Crippen molar-refractivity contribution in [2.45, 2.75) is 45.1 Å². The lowest BCUT2D eigenvalue weighted by Gasteiger charge is -2.31. The topological polar surface area (TPSA) is 58.7 Å². The Hall–Kier alpha value is -0.160. The van der Waals surface area contributed by atoms with Crippen molar-refractivity contribution in [3.63, 3.8) is 0 Å². The van der Waals surface area contributed by atoms with E-state index in [0.29, 0.717) is 5.92 Å². The number of nitrogens with two attached hydrogens (primary N) is 1. The normalized spacial score (nSPS) is 28.2. The molecule has 18 heavy (non-hydrogen) atoms. The fourth-order valence-electron chi connectivity index (χ4n) is 2.91. The summed E-state index contributed by atoms with van der Waals surface area (Å²) >= 11 is 0. The number of likely N-dealkylation sites (N-methyl/N-ethyl adjacent to an activating group) is 1. The van der Waals surface area contributed by atoms with Crippen molar-refractivity contribution in [1.29, 1.82) is 0 Å². The minimum absolute atomic E-state index is 0.128. The largest absolute Gasteiger partial charge is 0.394 e. The maximum atomic E-state index is 9.43. The molecule has 0 aromatic rings. The molecule has 4 heteroatoms. The third-order valence-electron chi connectivity index (χ3n) is 4.30. The number of aliphatic hydroxyl groups excluding tert-OH is 1. The third kappa shape index (κ3) is 4.50. The van der Waals surface area contributed by atoms with Crippen LogP contribution in [0.5, 0.6) is 0 Å². The maximum Gasteiger partial charge on any atom is 0.0613 e. The summed E-state index contributed by atoms with van der Waals surface area (Å²) in [4.78, 5) is 2.41. The summed E-state index contributed by atoms with van der Waals surface area (Å²) < 4.78 is 5.39. The van der Waals surface area contributed by atoms with Crippen LogP contribution in [0, 0.1) is 5.92 Å². The minimum Gasteiger partial charge on any atom is -0.394 e. The van der Waals surface area contributed by atoms with Crippen molar-refractivity contribution in [3.8, 4) is 0 Å². The zero-order valence-electron chi connectivity index (χ0n) is 12.0. The summed E-state index contributed by atoms with van der Waals surface area (Å²) in [5.74, 6) is 0.476. The first kappa shape index (κ1) is 15.9. The molecule has 0 aliphatic heterocycles. The van der Waals surface area contributed by atoms with Crippen molar-refractivity contribution in [2.24, 2.45) is 11.7 Å². The number of rotatable bonds is 9. The molecule has 3 N–H and O–H groups in total. The Morgan fingerprint density at radius 3 is 2.78 bits per heavy atom. The summed E-state index contributed by atoms with van der Waals surface area (Å²) in [6, 6.07) is 0. The van der Waals surface area contributed by atoms with E-state index in [-0.39, 0.29) is 12.1 Å². The van der Waals surface area contributed by atoms with Gasteiger partial charge < -0.3 is 20.5 Å². The van der Waals surface area contributed by atoms with Gasteiger partial charge in [-0.25, -0.2) is 0 Å². The highest BCUT2D eigenvalue weighted by Gasteiger charge is 2.38. The van der Waals surface area contributed by atoms with Crippen LogP contribution in [-0.2, 0) is 4.74 Å². The van der Waals surface area contributed by atoms with E-state index >= 15 is 0 Å². The Labute approximate surface area is 111 Å². The Kier molecular flexibility index (Phi) is 7.15. The average molecular weight is 258 g/mol. The summed E-state index contributed by atoms with van der Waals surface area (Å²) in [6.45, 7) is 9.04. The molecule has 2 unspecified atom stereocenters. The van der Waals surface area contributed by atoms with Gasteiger partial charge in [0.05, 0.1) is 13.2 Å². The van der Waals surface area contributed by atoms with E-state index in [0.717, 1.165) is 52.1 Å². The van der Waals surface area contributed by atoms with Gasteiger partial charge in [-0.2, -0.15) is 0 Å². The third-order valence-corrected chi connectivity index (χ3v) is 4.30. The highest BCUT2D eigenvalue weighted by molar-refractivity contribution is 4.96. The predicted octanol–water partition coefficient (Wildman–Crippen LogP) is 1.22. The van der Waals surface area contributed by atoms with Gasteiger partial charge in [-0.15, -0.1) is 0 Å². The van der Waals surface area contributed by atoms with Crippen molar-refractivity contribution < 1.29 is 9.84 Å². The second-order valence-electron chi connectivity index (χ2n) is 5.40. The zero-order valence-corrected chi connectivity index (χ0v) is 12.0. The summed E-state index contributed by atoms with van der Waals surface area (Å²) in [5.41, 5.74) is 5.94. The Morgan fingerprint density at radius 1 is 1.39 bits per heavy atom. The van der Waals surface area contributed by atoms with Crippen molar-refractivity contribution in [1.82, 2.24) is 4.90 Å². The highest BCUT2D eigenvalue weighted by atomic mass is 16.5. The zero-order chi connectivity index (χ0) is 13.4. The predicted molar refractivity (Wildman–Crippen MR) is 74.6 cm³/mol. The molecule has 108 valence electrons. The number of hydrogen-bond donors (Lipinski definition) is 2. The van der Waals surface area contributed by atoms with E-state index in [1.165, 1.54) is 6.42 Å². The fourth-order valence-corrected chi connectivity index (χ4v) is 2.91. The highest BCUT2D eigenvalue weighted by Crippen LogP contribution is 2.35. The monoisotopic (exact) mass is 258 g/mol. The Balaban J connectivity index is 2.29. The van der Waals surface area contributed by atoms with Crippen LogP contribution in [0.15, 0.2) is 0 Å². The molecule has 0 radical (unpaired) electrons. The molecule has 1 aliphatic carbocycles. The van der Waals surface area contributed by atoms with Crippen molar-refractivity contribution >= 4 is 0 Å². The van der Waals surface area contributed by atoms with E-state index in [1.807, 2.05) is 6.92 Å². The smallest absolute Gasteiger partial charge is 0.0613 e. The van der Waals surface area contributed by atoms with Crippen LogP contribution < -0.4 is 5.73 Å². The summed E-state index contributed by atoms with van der Waals surface area (Å²) in [7, 11) is 0. The molecule has 0 heterocycles. The molecule has 0 amide bonds. The quantitative estimate of drug-likeness (QED) is 0.611. The van der Waals surface area contributed by atoms with Crippen LogP contribution in [0.4, 0.5) is 0 Å². The molecule has 0 aromatic carbocycles. The lowest BCUT2D eigenvalue weighted by atomic mass is 9.86. The van der Waals surface area contributed by atoms with E-state index < -0.39 is 0 Å². The Morgan fingerprint density at radius 2 is 2.17 bits per heavy atom. The van der Waals surface area contributed by atoms with Crippen molar-refractivity contribution in [3.05, 3.63) is 0 Å². The molecule has 0 bridgehead atoms. The van der Waals surface area contributed by atoms with E-state index in [1.54, 1.807) is 0 Å². The number of hydrogen-bond acceptors (Lipinski definition) is 4.